The molecule has 6 rings (SSSR count). The lowest BCUT2D eigenvalue weighted by Gasteiger charge is -2.47. The van der Waals surface area contributed by atoms with Gasteiger partial charge in [0.2, 0.25) is 5.91 Å². The first-order valence-electron chi connectivity index (χ1n) is 14.1. The van der Waals surface area contributed by atoms with E-state index in [2.05, 4.69) is 51.6 Å². The largest absolute Gasteiger partial charge is 1.00 e. The van der Waals surface area contributed by atoms with Crippen LogP contribution >= 0.6 is 11.6 Å². The first-order chi connectivity index (χ1) is 17.5. The fraction of sp³-hybridized carbons (Fsp3) is 0.600. The van der Waals surface area contributed by atoms with E-state index in [9.17, 15) is 9.90 Å². The van der Waals surface area contributed by atoms with Crippen LogP contribution in [0.5, 0.6) is 0 Å². The maximum Gasteiger partial charge on any atom is 0.273 e. The fourth-order valence-corrected chi connectivity index (χ4v) is 8.29. The number of pyridine rings is 1. The van der Waals surface area contributed by atoms with Gasteiger partial charge in [-0.05, 0) is 86.4 Å². The summed E-state index contributed by atoms with van der Waals surface area (Å²) < 4.78 is 0. The maximum absolute atomic E-state index is 14.5. The molecule has 0 radical (unpaired) electrons. The molecule has 4 aliphatic rings. The third kappa shape index (κ3) is 5.47. The number of fused-ring (bicyclic) bond motifs is 2. The van der Waals surface area contributed by atoms with Gasteiger partial charge in [0.15, 0.2) is 5.69 Å². The number of aromatic amines is 1. The van der Waals surface area contributed by atoms with Crippen LogP contribution in [0, 0.1) is 11.8 Å². The highest BCUT2D eigenvalue weighted by molar-refractivity contribution is 6.28. The van der Waals surface area contributed by atoms with Crippen LogP contribution in [0.3, 0.4) is 0 Å². The van der Waals surface area contributed by atoms with Crippen LogP contribution < -0.4 is 35.1 Å². The zero-order valence-corrected chi connectivity index (χ0v) is 24.2. The van der Waals surface area contributed by atoms with Crippen molar-refractivity contribution in [1.82, 2.24) is 4.90 Å². The Morgan fingerprint density at radius 3 is 2.58 bits per heavy atom. The lowest BCUT2D eigenvalue weighted by atomic mass is 9.64. The number of piperidine rings is 1. The number of aliphatic hydroxyl groups excluding tert-OH is 1. The second kappa shape index (κ2) is 12.4. The molecule has 2 aromatic rings. The number of aryl methyl sites for hydroxylation is 1. The van der Waals surface area contributed by atoms with E-state index in [4.69, 9.17) is 11.6 Å². The summed E-state index contributed by atoms with van der Waals surface area (Å²) in [5, 5.41) is 13.2. The molecule has 2 aliphatic carbocycles. The number of aliphatic hydroxyl groups is 1. The number of aromatic nitrogens is 1. The predicted molar refractivity (Wildman–Crippen MR) is 140 cm³/mol. The molecule has 8 heteroatoms. The van der Waals surface area contributed by atoms with E-state index in [-0.39, 0.29) is 48.3 Å². The van der Waals surface area contributed by atoms with Crippen LogP contribution in [-0.4, -0.2) is 47.7 Å². The molecule has 5 nitrogen and oxygen atoms in total. The smallest absolute Gasteiger partial charge is 0.273 e. The highest BCUT2D eigenvalue weighted by atomic mass is 35.5. The number of nitrogens with zero attached hydrogens (tertiary/aromatic N) is 1. The second-order valence-corrected chi connectivity index (χ2v) is 12.2. The maximum atomic E-state index is 14.5. The molecule has 4 atom stereocenters. The van der Waals surface area contributed by atoms with Crippen LogP contribution in [0.25, 0.3) is 0 Å². The van der Waals surface area contributed by atoms with Crippen molar-refractivity contribution in [3.63, 3.8) is 0 Å². The number of H-pyrrole nitrogens is 1. The average Bonchev–Trinajstić information content (AvgIpc) is 3.32. The van der Waals surface area contributed by atoms with Crippen LogP contribution in [-0.2, 0) is 16.6 Å². The fourth-order valence-electron chi connectivity index (χ4n) is 8.11. The summed E-state index contributed by atoms with van der Waals surface area (Å²) in [6, 6.07) is 15.3. The van der Waals surface area contributed by atoms with Crippen molar-refractivity contribution in [2.75, 3.05) is 19.6 Å². The Labute approximate surface area is 243 Å². The normalized spacial score (nSPS) is 32.7. The number of nitrogens with two attached hydrogens (primary N) is 1. The minimum absolute atomic E-state index is 0. The summed E-state index contributed by atoms with van der Waals surface area (Å²) in [6.07, 6.45) is 8.86. The second-order valence-electron chi connectivity index (χ2n) is 11.8. The lowest BCUT2D eigenvalue weighted by molar-refractivity contribution is -0.640. The lowest BCUT2D eigenvalue weighted by Crippen LogP contribution is -3.00. The van der Waals surface area contributed by atoms with Crippen LogP contribution in [0.1, 0.15) is 74.1 Å². The molecule has 0 bridgehead atoms. The Morgan fingerprint density at radius 1 is 1.05 bits per heavy atom. The zero-order chi connectivity index (χ0) is 24.7. The predicted octanol–water partition coefficient (Wildman–Crippen LogP) is -2.74. The molecule has 1 saturated carbocycles. The number of hydrogen-bond acceptors (Lipinski definition) is 2. The Bertz CT molecular complexity index is 1100. The van der Waals surface area contributed by atoms with E-state index >= 15 is 0 Å². The molecule has 2 aliphatic heterocycles. The van der Waals surface area contributed by atoms with Gasteiger partial charge in [0.25, 0.3) is 5.15 Å². The summed E-state index contributed by atoms with van der Waals surface area (Å²) in [5.74, 6) is 1.37. The third-order valence-electron chi connectivity index (χ3n) is 9.94. The topological polar surface area (TPSA) is 71.3 Å². The van der Waals surface area contributed by atoms with Crippen molar-refractivity contribution in [3.05, 3.63) is 64.4 Å². The number of likely N-dealkylation sites (tertiary alicyclic amines) is 1. The van der Waals surface area contributed by atoms with Crippen LogP contribution in [0.2, 0.25) is 5.15 Å². The molecule has 208 valence electrons. The summed E-state index contributed by atoms with van der Waals surface area (Å²) in [5.41, 5.74) is 3.85. The zero-order valence-electron chi connectivity index (χ0n) is 21.9. The number of hydrogen-bond donors (Lipinski definition) is 2. The number of rotatable bonds is 3. The van der Waals surface area contributed by atoms with Gasteiger partial charge in [0.05, 0.1) is 24.6 Å². The van der Waals surface area contributed by atoms with E-state index in [0.717, 1.165) is 77.4 Å². The van der Waals surface area contributed by atoms with Gasteiger partial charge in [-0.25, -0.2) is 0 Å². The third-order valence-corrected chi connectivity index (χ3v) is 10.2. The summed E-state index contributed by atoms with van der Waals surface area (Å²) >= 11 is 6.32. The van der Waals surface area contributed by atoms with Crippen molar-refractivity contribution < 1.29 is 45.0 Å². The molecule has 2 saturated heterocycles. The van der Waals surface area contributed by atoms with E-state index in [1.807, 2.05) is 6.07 Å². The summed E-state index contributed by atoms with van der Waals surface area (Å²) in [7, 11) is 0. The van der Waals surface area contributed by atoms with E-state index in [1.54, 1.807) is 0 Å². The van der Waals surface area contributed by atoms with Gasteiger partial charge in [0.1, 0.15) is 5.92 Å². The average molecular weight is 581 g/mol. The molecule has 3 fully saturated rings. The number of carbonyl (C=O) groups excluding carboxylic acids is 1. The summed E-state index contributed by atoms with van der Waals surface area (Å²) in [6.45, 7) is 2.69. The van der Waals surface area contributed by atoms with Crippen molar-refractivity contribution in [1.29, 1.82) is 0 Å². The standard InChI is InChI=1S/C30H38ClN3O2.2ClH/c31-28-13-12-24-26(33-28)7-4-15-30(24)19-32-18-25(30)29(36)34-16-14-22(20-5-2-1-3-6-20)17-27(34)21-8-10-23(35)11-9-21;;/h1-3,5-6,12-13,21-23,25,27,32,35H,4,7-11,14-19H2;2*1H/t21?,22?,23?,25?,27?,30-;;/m0../s1. The number of nitrogens with one attached hydrogen (secondary N) is 1. The van der Waals surface area contributed by atoms with Gasteiger partial charge in [-0.15, -0.1) is 0 Å². The monoisotopic (exact) mass is 579 g/mol. The Morgan fingerprint density at radius 2 is 1.82 bits per heavy atom. The van der Waals surface area contributed by atoms with Gasteiger partial charge >= 0.3 is 0 Å². The first kappa shape index (κ1) is 29.6. The number of benzene rings is 1. The van der Waals surface area contributed by atoms with Crippen molar-refractivity contribution in [3.8, 4) is 0 Å². The minimum Gasteiger partial charge on any atom is -1.00 e. The molecule has 3 heterocycles. The van der Waals surface area contributed by atoms with Crippen LogP contribution in [0.4, 0.5) is 0 Å². The Kier molecular flexibility index (Phi) is 9.69. The molecule has 1 aromatic carbocycles. The van der Waals surface area contributed by atoms with Crippen molar-refractivity contribution in [2.24, 2.45) is 11.8 Å². The van der Waals surface area contributed by atoms with E-state index in [1.165, 1.54) is 16.8 Å². The molecule has 1 amide bonds. The van der Waals surface area contributed by atoms with Crippen molar-refractivity contribution >= 4 is 17.5 Å². The first-order valence-corrected chi connectivity index (χ1v) is 14.5. The summed E-state index contributed by atoms with van der Waals surface area (Å²) in [4.78, 5) is 20.2. The van der Waals surface area contributed by atoms with Gasteiger partial charge in [-0.1, -0.05) is 30.3 Å². The Balaban J connectivity index is 0.00000168. The van der Waals surface area contributed by atoms with E-state index < -0.39 is 0 Å². The molecule has 1 aromatic heterocycles. The van der Waals surface area contributed by atoms with Gasteiger partial charge in [-0.2, -0.15) is 4.98 Å². The highest BCUT2D eigenvalue weighted by Crippen LogP contribution is 2.46. The number of carbonyl (C=O) groups is 1. The molecule has 38 heavy (non-hydrogen) atoms. The van der Waals surface area contributed by atoms with Gasteiger partial charge in [0, 0.05) is 30.6 Å². The SMILES string of the molecule is O=C(C1C[NH2+]C[C@]12CCCc1[nH+]c(Cl)ccc12)N1CCC(c2ccccc2)CC1C1CCC(O)CC1.[Cl-].[Cl-]. The number of amides is 1. The number of quaternary nitrogens is 1. The van der Waals surface area contributed by atoms with E-state index in [0.29, 0.717) is 22.9 Å². The van der Waals surface area contributed by atoms with Gasteiger partial charge in [-0.3, -0.25) is 4.79 Å². The molecular weight excluding hydrogens is 541 g/mol. The molecule has 4 N–H and O–H groups in total. The van der Waals surface area contributed by atoms with Crippen molar-refractivity contribution in [2.45, 2.75) is 81.3 Å². The highest BCUT2D eigenvalue weighted by Gasteiger charge is 2.56. The quantitative estimate of drug-likeness (QED) is 0.387. The number of halogens is 3. The molecule has 1 spiro atoms. The van der Waals surface area contributed by atoms with Gasteiger partial charge < -0.3 is 40.1 Å². The Hall–Kier alpha value is -1.37. The molecule has 3 unspecified atom stereocenters. The molecular formula is C30H40Cl3N3O2. The minimum atomic E-state index is -0.173. The van der Waals surface area contributed by atoms with Crippen LogP contribution in [0.15, 0.2) is 42.5 Å².